The van der Waals surface area contributed by atoms with Gasteiger partial charge in [0.25, 0.3) is 0 Å². The first-order valence-corrected chi connectivity index (χ1v) is 10.8. The second kappa shape index (κ2) is 10.4. The molecule has 0 spiro atoms. The fraction of sp³-hybridized carbons (Fsp3) is 0.440. The summed E-state index contributed by atoms with van der Waals surface area (Å²) in [4.78, 5) is 15.0. The molecule has 5 nitrogen and oxygen atoms in total. The first-order valence-electron chi connectivity index (χ1n) is 10.8. The van der Waals surface area contributed by atoms with Crippen LogP contribution in [0.5, 0.6) is 0 Å². The Hall–Kier alpha value is -2.87. The molecule has 1 saturated carbocycles. The minimum absolute atomic E-state index is 0. The maximum atomic E-state index is 13.9. The van der Waals surface area contributed by atoms with Gasteiger partial charge in [-0.05, 0) is 54.2 Å². The maximum absolute atomic E-state index is 13.9. The largest absolute Gasteiger partial charge is 0.481 e. The molecule has 33 heavy (non-hydrogen) atoms. The molecule has 2 aromatic carbocycles. The van der Waals surface area contributed by atoms with E-state index >= 15 is 0 Å². The standard InChI is InChI=1S/C24H25F3N2O3.CH4/c25-24(26,27)19-13-17(7-8-18(19)16-4-2-1-3-5-16)23-29-20-12-15(6-9-21(20)32-23)14-28-11-10-22(30)31;/h6-9,12-13,16,28H,1-5,10-11,14H2,(H,30,31);1H4. The van der Waals surface area contributed by atoms with Crippen molar-refractivity contribution < 1.29 is 27.5 Å². The van der Waals surface area contributed by atoms with Gasteiger partial charge in [-0.1, -0.05) is 38.8 Å². The van der Waals surface area contributed by atoms with Crippen molar-refractivity contribution in [3.05, 3.63) is 53.1 Å². The van der Waals surface area contributed by atoms with Gasteiger partial charge in [-0.2, -0.15) is 13.2 Å². The molecule has 0 atom stereocenters. The van der Waals surface area contributed by atoms with Gasteiger partial charge in [0, 0.05) is 18.7 Å². The molecule has 0 saturated heterocycles. The summed E-state index contributed by atoms with van der Waals surface area (Å²) in [7, 11) is 0. The van der Waals surface area contributed by atoms with Crippen molar-refractivity contribution in [1.82, 2.24) is 10.3 Å². The number of aliphatic carboxylic acids is 1. The number of hydrogen-bond donors (Lipinski definition) is 2. The molecule has 1 heterocycles. The Balaban J connectivity index is 0.00000306. The number of hydrogen-bond acceptors (Lipinski definition) is 4. The molecular formula is C25H29F3N2O3. The third-order valence-corrected chi connectivity index (χ3v) is 5.95. The summed E-state index contributed by atoms with van der Waals surface area (Å²) >= 11 is 0. The van der Waals surface area contributed by atoms with Crippen molar-refractivity contribution in [2.75, 3.05) is 6.54 Å². The number of nitrogens with one attached hydrogen (secondary N) is 1. The lowest BCUT2D eigenvalue weighted by Crippen LogP contribution is -2.17. The number of nitrogens with zero attached hydrogens (tertiary/aromatic N) is 1. The van der Waals surface area contributed by atoms with E-state index in [1.807, 2.05) is 6.07 Å². The number of aromatic nitrogens is 1. The van der Waals surface area contributed by atoms with E-state index in [1.165, 1.54) is 0 Å². The van der Waals surface area contributed by atoms with Crippen LogP contribution in [0.4, 0.5) is 13.2 Å². The Morgan fingerprint density at radius 3 is 2.58 bits per heavy atom. The molecule has 1 fully saturated rings. The molecule has 3 aromatic rings. The van der Waals surface area contributed by atoms with E-state index in [9.17, 15) is 18.0 Å². The zero-order valence-corrected chi connectivity index (χ0v) is 17.5. The first kappa shape index (κ1) is 24.8. The third kappa shape index (κ3) is 5.93. The summed E-state index contributed by atoms with van der Waals surface area (Å²) in [5, 5.41) is 11.7. The number of carboxylic acids is 1. The fourth-order valence-electron chi connectivity index (χ4n) is 4.34. The molecule has 1 aromatic heterocycles. The van der Waals surface area contributed by atoms with Gasteiger partial charge in [-0.15, -0.1) is 0 Å². The van der Waals surface area contributed by atoms with Gasteiger partial charge in [-0.25, -0.2) is 4.98 Å². The van der Waals surface area contributed by atoms with Crippen LogP contribution in [0.15, 0.2) is 40.8 Å². The Morgan fingerprint density at radius 2 is 1.88 bits per heavy atom. The number of fused-ring (bicyclic) bond motifs is 1. The van der Waals surface area contributed by atoms with Gasteiger partial charge in [0.2, 0.25) is 5.89 Å². The summed E-state index contributed by atoms with van der Waals surface area (Å²) < 4.78 is 47.3. The van der Waals surface area contributed by atoms with Crippen LogP contribution in [0.25, 0.3) is 22.6 Å². The van der Waals surface area contributed by atoms with Crippen LogP contribution in [-0.4, -0.2) is 22.6 Å². The Morgan fingerprint density at radius 1 is 1.12 bits per heavy atom. The number of oxazole rings is 1. The molecule has 8 heteroatoms. The van der Waals surface area contributed by atoms with E-state index in [-0.39, 0.29) is 25.7 Å². The van der Waals surface area contributed by atoms with Gasteiger partial charge in [-0.3, -0.25) is 4.79 Å². The van der Waals surface area contributed by atoms with Crippen LogP contribution in [0, 0.1) is 0 Å². The van der Waals surface area contributed by atoms with Crippen LogP contribution in [0.1, 0.15) is 68.6 Å². The van der Waals surface area contributed by atoms with Crippen LogP contribution in [0.2, 0.25) is 0 Å². The highest BCUT2D eigenvalue weighted by Crippen LogP contribution is 2.42. The molecule has 0 aliphatic heterocycles. The van der Waals surface area contributed by atoms with Gasteiger partial charge >= 0.3 is 12.1 Å². The molecule has 2 N–H and O–H groups in total. The predicted molar refractivity (Wildman–Crippen MR) is 121 cm³/mol. The van der Waals surface area contributed by atoms with Crippen LogP contribution < -0.4 is 5.32 Å². The smallest absolute Gasteiger partial charge is 0.416 e. The topological polar surface area (TPSA) is 75.4 Å². The second-order valence-electron chi connectivity index (χ2n) is 8.28. The van der Waals surface area contributed by atoms with Gasteiger partial charge in [0.1, 0.15) is 5.52 Å². The normalized spacial score (nSPS) is 14.9. The zero-order chi connectivity index (χ0) is 22.7. The number of rotatable bonds is 7. The number of benzene rings is 2. The van der Waals surface area contributed by atoms with Gasteiger partial charge in [0.05, 0.1) is 12.0 Å². The minimum atomic E-state index is -4.44. The lowest BCUT2D eigenvalue weighted by molar-refractivity contribution is -0.138. The number of halogens is 3. The Kier molecular flexibility index (Phi) is 7.79. The molecule has 0 radical (unpaired) electrons. The summed E-state index contributed by atoms with van der Waals surface area (Å²) in [6.07, 6.45) is 0.155. The quantitative estimate of drug-likeness (QED) is 0.379. The van der Waals surface area contributed by atoms with E-state index in [2.05, 4.69) is 10.3 Å². The van der Waals surface area contributed by atoms with E-state index in [1.54, 1.807) is 24.3 Å². The molecule has 0 amide bonds. The highest BCUT2D eigenvalue weighted by Gasteiger charge is 2.36. The molecule has 0 unspecified atom stereocenters. The van der Waals surface area contributed by atoms with Crippen molar-refractivity contribution in [2.24, 2.45) is 0 Å². The van der Waals surface area contributed by atoms with E-state index < -0.39 is 17.7 Å². The summed E-state index contributed by atoms with van der Waals surface area (Å²) in [6.45, 7) is 0.796. The average Bonchev–Trinajstić information content (AvgIpc) is 3.20. The van der Waals surface area contributed by atoms with Gasteiger partial charge < -0.3 is 14.8 Å². The highest BCUT2D eigenvalue weighted by molar-refractivity contribution is 5.77. The average molecular weight is 463 g/mol. The lowest BCUT2D eigenvalue weighted by Gasteiger charge is -2.25. The number of carbonyl (C=O) groups is 1. The SMILES string of the molecule is C.O=C(O)CCNCc1ccc2oc(-c3ccc(C4CCCCC4)c(C(F)(F)F)c3)nc2c1. The molecule has 0 bridgehead atoms. The Labute approximate surface area is 191 Å². The maximum Gasteiger partial charge on any atom is 0.416 e. The predicted octanol–water partition coefficient (Wildman–Crippen LogP) is 6.76. The minimum Gasteiger partial charge on any atom is -0.481 e. The van der Waals surface area contributed by atoms with Crippen molar-refractivity contribution in [1.29, 1.82) is 0 Å². The van der Waals surface area contributed by atoms with Crippen LogP contribution >= 0.6 is 0 Å². The summed E-state index contributed by atoms with van der Waals surface area (Å²) in [5.41, 5.74) is 1.97. The monoisotopic (exact) mass is 462 g/mol. The second-order valence-corrected chi connectivity index (χ2v) is 8.28. The molecule has 178 valence electrons. The molecule has 1 aliphatic rings. The van der Waals surface area contributed by atoms with E-state index in [0.29, 0.717) is 35.3 Å². The number of alkyl halides is 3. The number of carboxylic acid groups (broad SMARTS) is 1. The third-order valence-electron chi connectivity index (χ3n) is 5.95. The molecular weight excluding hydrogens is 433 g/mol. The van der Waals surface area contributed by atoms with E-state index in [4.69, 9.17) is 9.52 Å². The van der Waals surface area contributed by atoms with Crippen LogP contribution in [0.3, 0.4) is 0 Å². The van der Waals surface area contributed by atoms with Crippen molar-refractivity contribution in [3.8, 4) is 11.5 Å². The van der Waals surface area contributed by atoms with Crippen molar-refractivity contribution in [3.63, 3.8) is 0 Å². The highest BCUT2D eigenvalue weighted by atomic mass is 19.4. The fourth-order valence-corrected chi connectivity index (χ4v) is 4.34. The van der Waals surface area contributed by atoms with Crippen molar-refractivity contribution in [2.45, 2.75) is 64.6 Å². The van der Waals surface area contributed by atoms with E-state index in [0.717, 1.165) is 43.7 Å². The first-order chi connectivity index (χ1) is 15.3. The van der Waals surface area contributed by atoms with Gasteiger partial charge in [0.15, 0.2) is 5.58 Å². The summed E-state index contributed by atoms with van der Waals surface area (Å²) in [5.74, 6) is -0.784. The lowest BCUT2D eigenvalue weighted by atomic mass is 9.81. The molecule has 1 aliphatic carbocycles. The van der Waals surface area contributed by atoms with Crippen LogP contribution in [-0.2, 0) is 17.5 Å². The molecule has 4 rings (SSSR count). The van der Waals surface area contributed by atoms with Crippen molar-refractivity contribution >= 4 is 17.1 Å². The zero-order valence-electron chi connectivity index (χ0n) is 17.5. The Bertz CT molecular complexity index is 1100. The summed E-state index contributed by atoms with van der Waals surface area (Å²) in [6, 6.07) is 9.73.